The van der Waals surface area contributed by atoms with Crippen molar-refractivity contribution < 1.29 is 26.4 Å². The van der Waals surface area contributed by atoms with Crippen molar-refractivity contribution in [2.75, 3.05) is 12.3 Å². The Hall–Kier alpha value is -1.57. The summed E-state index contributed by atoms with van der Waals surface area (Å²) in [6.07, 6.45) is -5.25. The molecular weight excluding hydrogens is 307 g/mol. The molecule has 2 rings (SSSR count). The molecule has 1 heterocycles. The van der Waals surface area contributed by atoms with E-state index in [4.69, 9.17) is 0 Å². The molecule has 0 N–H and O–H groups in total. The highest BCUT2D eigenvalue weighted by molar-refractivity contribution is 7.89. The Kier molecular flexibility index (Phi) is 4.27. The topological polar surface area (TPSA) is 54.5 Å². The van der Waals surface area contributed by atoms with Crippen molar-refractivity contribution >= 4 is 15.9 Å². The van der Waals surface area contributed by atoms with E-state index in [0.717, 1.165) is 0 Å². The highest BCUT2D eigenvalue weighted by atomic mass is 32.2. The number of nitrogens with zero attached hydrogens (tertiary/aromatic N) is 1. The van der Waals surface area contributed by atoms with Gasteiger partial charge in [-0.25, -0.2) is 12.7 Å². The van der Waals surface area contributed by atoms with Crippen molar-refractivity contribution in [1.82, 2.24) is 4.31 Å². The van der Waals surface area contributed by atoms with Gasteiger partial charge in [0, 0.05) is 13.0 Å². The summed E-state index contributed by atoms with van der Waals surface area (Å²) in [7, 11) is -3.74. The van der Waals surface area contributed by atoms with Crippen molar-refractivity contribution in [1.29, 1.82) is 0 Å². The third-order valence-corrected chi connectivity index (χ3v) is 5.22. The van der Waals surface area contributed by atoms with E-state index in [1.807, 2.05) is 0 Å². The molecule has 1 aromatic rings. The number of hydrogen-bond acceptors (Lipinski definition) is 3. The first-order chi connectivity index (χ1) is 9.72. The van der Waals surface area contributed by atoms with Gasteiger partial charge < -0.3 is 0 Å². The molecular formula is C13H14F3NO3S. The lowest BCUT2D eigenvalue weighted by Gasteiger charge is -2.23. The number of sulfonamides is 1. The van der Waals surface area contributed by atoms with Crippen molar-refractivity contribution in [3.05, 3.63) is 35.9 Å². The molecule has 116 valence electrons. The second-order valence-corrected chi connectivity index (χ2v) is 6.86. The summed E-state index contributed by atoms with van der Waals surface area (Å²) >= 11 is 0. The molecule has 0 spiro atoms. The molecule has 0 saturated carbocycles. The lowest BCUT2D eigenvalue weighted by Crippen LogP contribution is -2.35. The van der Waals surface area contributed by atoms with Gasteiger partial charge in [-0.15, -0.1) is 0 Å². The van der Waals surface area contributed by atoms with Crippen LogP contribution in [0.15, 0.2) is 30.3 Å². The number of hydrogen-bond donors (Lipinski definition) is 0. The van der Waals surface area contributed by atoms with Gasteiger partial charge in [0.05, 0.1) is 11.7 Å². The van der Waals surface area contributed by atoms with Crippen molar-refractivity contribution in [3.63, 3.8) is 0 Å². The molecule has 1 aliphatic heterocycles. The molecule has 0 radical (unpaired) electrons. The molecule has 1 fully saturated rings. The number of halogens is 3. The maximum Gasteiger partial charge on any atom is 0.396 e. The molecule has 4 nitrogen and oxygen atoms in total. The first-order valence-electron chi connectivity index (χ1n) is 6.37. The van der Waals surface area contributed by atoms with Crippen LogP contribution in [-0.2, 0) is 14.8 Å². The first-order valence-corrected chi connectivity index (χ1v) is 7.97. The van der Waals surface area contributed by atoms with Gasteiger partial charge in [0.1, 0.15) is 0 Å². The number of benzene rings is 1. The summed E-state index contributed by atoms with van der Waals surface area (Å²) in [5, 5.41) is 0. The summed E-state index contributed by atoms with van der Waals surface area (Å²) in [5.41, 5.74) is -0.0463. The molecule has 1 aliphatic rings. The Morgan fingerprint density at radius 1 is 1.24 bits per heavy atom. The number of alkyl halides is 3. The van der Waals surface area contributed by atoms with Gasteiger partial charge in [0.15, 0.2) is 0 Å². The van der Waals surface area contributed by atoms with Crippen molar-refractivity contribution in [2.45, 2.75) is 24.9 Å². The van der Waals surface area contributed by atoms with Crippen LogP contribution in [0.4, 0.5) is 13.2 Å². The van der Waals surface area contributed by atoms with E-state index in [1.54, 1.807) is 6.07 Å². The zero-order valence-corrected chi connectivity index (χ0v) is 11.8. The van der Waals surface area contributed by atoms with E-state index in [9.17, 15) is 26.4 Å². The van der Waals surface area contributed by atoms with Crippen molar-refractivity contribution in [3.8, 4) is 0 Å². The summed E-state index contributed by atoms with van der Waals surface area (Å²) < 4.78 is 63.1. The predicted molar refractivity (Wildman–Crippen MR) is 70.0 cm³/mol. The van der Waals surface area contributed by atoms with E-state index in [-0.39, 0.29) is 24.3 Å². The largest absolute Gasteiger partial charge is 0.396 e. The molecule has 0 aromatic heterocycles. The molecule has 0 bridgehead atoms. The molecule has 1 saturated heterocycles. The Labute approximate surface area is 120 Å². The molecule has 0 unspecified atom stereocenters. The lowest BCUT2D eigenvalue weighted by atomic mass is 9.95. The molecule has 0 aliphatic carbocycles. The maximum absolute atomic E-state index is 13.1. The Balaban J connectivity index is 2.23. The third-order valence-electron chi connectivity index (χ3n) is 3.35. The van der Waals surface area contributed by atoms with Gasteiger partial charge in [0.25, 0.3) is 0 Å². The predicted octanol–water partition coefficient (Wildman–Crippen LogP) is 2.28. The Bertz CT molecular complexity index is 613. The zero-order valence-electron chi connectivity index (χ0n) is 11.0. The quantitative estimate of drug-likeness (QED) is 0.858. The standard InChI is InChI=1S/C13H14F3NO3S/c14-13(15,16)11(10-5-2-1-3-6-10)9-12(18)17-7-4-8-21(17,19)20/h1-3,5-6,11H,4,7-9H2/t11-/m1/s1. The van der Waals surface area contributed by atoms with E-state index in [1.165, 1.54) is 24.3 Å². The van der Waals surface area contributed by atoms with E-state index in [0.29, 0.717) is 4.31 Å². The fraction of sp³-hybridized carbons (Fsp3) is 0.462. The normalized spacial score (nSPS) is 19.5. The minimum atomic E-state index is -4.61. The summed E-state index contributed by atoms with van der Waals surface area (Å²) in [5.74, 6) is -3.19. The lowest BCUT2D eigenvalue weighted by molar-refractivity contribution is -0.159. The fourth-order valence-electron chi connectivity index (χ4n) is 2.30. The van der Waals surface area contributed by atoms with E-state index < -0.39 is 34.4 Å². The average Bonchev–Trinajstić information content (AvgIpc) is 2.75. The Morgan fingerprint density at radius 3 is 2.33 bits per heavy atom. The van der Waals surface area contributed by atoms with Crippen LogP contribution in [0, 0.1) is 0 Å². The highest BCUT2D eigenvalue weighted by Crippen LogP contribution is 2.38. The summed E-state index contributed by atoms with van der Waals surface area (Å²) in [4.78, 5) is 11.9. The van der Waals surface area contributed by atoms with Crippen LogP contribution in [0.25, 0.3) is 0 Å². The SMILES string of the molecule is O=C(C[C@H](c1ccccc1)C(F)(F)F)N1CCCS1(=O)=O. The van der Waals surface area contributed by atoms with Crippen LogP contribution in [0.2, 0.25) is 0 Å². The number of carbonyl (C=O) groups is 1. The maximum atomic E-state index is 13.1. The Morgan fingerprint density at radius 2 is 1.86 bits per heavy atom. The van der Waals surface area contributed by atoms with Crippen LogP contribution in [0.1, 0.15) is 24.3 Å². The third kappa shape index (κ3) is 3.55. The minimum Gasteiger partial charge on any atom is -0.274 e. The minimum absolute atomic E-state index is 0.0411. The van der Waals surface area contributed by atoms with Crippen LogP contribution in [0.5, 0.6) is 0 Å². The van der Waals surface area contributed by atoms with Gasteiger partial charge >= 0.3 is 6.18 Å². The van der Waals surface area contributed by atoms with Gasteiger partial charge in [-0.1, -0.05) is 30.3 Å². The molecule has 1 atom stereocenters. The smallest absolute Gasteiger partial charge is 0.274 e. The number of amides is 1. The van der Waals surface area contributed by atoms with Gasteiger partial charge in [-0.2, -0.15) is 13.2 Å². The molecule has 8 heteroatoms. The second kappa shape index (κ2) is 5.67. The van der Waals surface area contributed by atoms with Crippen LogP contribution in [-0.4, -0.2) is 37.1 Å². The number of rotatable bonds is 3. The summed E-state index contributed by atoms with van der Waals surface area (Å²) in [6.45, 7) is -0.0411. The molecule has 1 amide bonds. The van der Waals surface area contributed by atoms with Gasteiger partial charge in [0.2, 0.25) is 15.9 Å². The van der Waals surface area contributed by atoms with Crippen molar-refractivity contribution in [2.24, 2.45) is 0 Å². The van der Waals surface area contributed by atoms with Gasteiger partial charge in [-0.3, -0.25) is 4.79 Å². The fourth-order valence-corrected chi connectivity index (χ4v) is 3.81. The van der Waals surface area contributed by atoms with Crippen LogP contribution in [0.3, 0.4) is 0 Å². The molecule has 21 heavy (non-hydrogen) atoms. The van der Waals surface area contributed by atoms with E-state index in [2.05, 4.69) is 0 Å². The monoisotopic (exact) mass is 321 g/mol. The second-order valence-electron chi connectivity index (χ2n) is 4.84. The zero-order chi connectivity index (χ0) is 15.7. The summed E-state index contributed by atoms with van der Waals surface area (Å²) in [6, 6.07) is 7.04. The number of carbonyl (C=O) groups excluding carboxylic acids is 1. The van der Waals surface area contributed by atoms with Crippen LogP contribution < -0.4 is 0 Å². The highest BCUT2D eigenvalue weighted by Gasteiger charge is 2.44. The molecule has 1 aromatic carbocycles. The first kappa shape index (κ1) is 15.8. The van der Waals surface area contributed by atoms with Gasteiger partial charge in [-0.05, 0) is 12.0 Å². The van der Waals surface area contributed by atoms with Crippen LogP contribution >= 0.6 is 0 Å². The average molecular weight is 321 g/mol. The van der Waals surface area contributed by atoms with E-state index >= 15 is 0 Å².